The van der Waals surface area contributed by atoms with Crippen molar-refractivity contribution in [1.29, 1.82) is 0 Å². The van der Waals surface area contributed by atoms with Crippen molar-refractivity contribution in [2.75, 3.05) is 10.0 Å². The molecule has 1 aliphatic heterocycles. The van der Waals surface area contributed by atoms with Gasteiger partial charge in [-0.15, -0.1) is 0 Å². The Labute approximate surface area is 200 Å². The maximum Gasteiger partial charge on any atom is 0.261 e. The third-order valence-electron chi connectivity index (χ3n) is 7.08. The van der Waals surface area contributed by atoms with Crippen LogP contribution in [-0.4, -0.2) is 8.42 Å². The van der Waals surface area contributed by atoms with E-state index in [1.165, 1.54) is 11.1 Å². The molecule has 0 saturated carbocycles. The molecule has 4 aromatic carbocycles. The quantitative estimate of drug-likeness (QED) is 0.326. The average molecular weight is 467 g/mol. The Balaban J connectivity index is 1.36. The first-order chi connectivity index (χ1) is 16.5. The number of nitrogens with one attached hydrogen (secondary N) is 2. The Hall–Kier alpha value is -3.57. The van der Waals surface area contributed by atoms with Crippen molar-refractivity contribution in [2.24, 2.45) is 5.92 Å². The van der Waals surface area contributed by atoms with E-state index in [9.17, 15) is 8.42 Å². The van der Waals surface area contributed by atoms with Crippen molar-refractivity contribution in [3.63, 3.8) is 0 Å². The van der Waals surface area contributed by atoms with Crippen LogP contribution >= 0.6 is 0 Å². The molecule has 1 heterocycles. The molecule has 3 atom stereocenters. The van der Waals surface area contributed by atoms with Crippen LogP contribution in [0.4, 0.5) is 11.4 Å². The van der Waals surface area contributed by atoms with E-state index in [0.29, 0.717) is 11.6 Å². The minimum atomic E-state index is -3.74. The molecular formula is C29H26N2O2S. The number of anilines is 2. The third kappa shape index (κ3) is 3.57. The number of hydrogen-bond donors (Lipinski definition) is 2. The minimum Gasteiger partial charge on any atom is -0.378 e. The lowest BCUT2D eigenvalue weighted by atomic mass is 9.77. The largest absolute Gasteiger partial charge is 0.378 e. The van der Waals surface area contributed by atoms with Crippen molar-refractivity contribution in [3.8, 4) is 0 Å². The van der Waals surface area contributed by atoms with Gasteiger partial charge in [-0.05, 0) is 60.0 Å². The van der Waals surface area contributed by atoms with Crippen LogP contribution in [0.25, 0.3) is 10.8 Å². The molecule has 170 valence electrons. The van der Waals surface area contributed by atoms with Crippen molar-refractivity contribution in [1.82, 2.24) is 0 Å². The average Bonchev–Trinajstić information content (AvgIpc) is 3.34. The Morgan fingerprint density at radius 1 is 0.912 bits per heavy atom. The van der Waals surface area contributed by atoms with Crippen LogP contribution in [0.1, 0.15) is 35.1 Å². The minimum absolute atomic E-state index is 0.189. The van der Waals surface area contributed by atoms with E-state index in [1.807, 2.05) is 54.6 Å². The van der Waals surface area contributed by atoms with Gasteiger partial charge in [-0.1, -0.05) is 78.4 Å². The van der Waals surface area contributed by atoms with E-state index in [2.05, 4.69) is 53.4 Å². The summed E-state index contributed by atoms with van der Waals surface area (Å²) in [5.41, 5.74) is 5.16. The third-order valence-corrected chi connectivity index (χ3v) is 8.44. The molecule has 0 saturated heterocycles. The Morgan fingerprint density at radius 2 is 1.74 bits per heavy atom. The molecule has 2 N–H and O–H groups in total. The molecule has 34 heavy (non-hydrogen) atoms. The lowest BCUT2D eigenvalue weighted by molar-refractivity contribution is 0.425. The molecule has 4 nitrogen and oxygen atoms in total. The summed E-state index contributed by atoms with van der Waals surface area (Å²) in [4.78, 5) is 0.286. The smallest absolute Gasteiger partial charge is 0.261 e. The number of benzene rings is 4. The molecule has 0 bridgehead atoms. The van der Waals surface area contributed by atoms with Gasteiger partial charge in [0.15, 0.2) is 0 Å². The molecule has 0 radical (unpaired) electrons. The molecule has 6 rings (SSSR count). The van der Waals surface area contributed by atoms with Crippen molar-refractivity contribution >= 4 is 32.2 Å². The van der Waals surface area contributed by atoms with Crippen molar-refractivity contribution in [3.05, 3.63) is 114 Å². The number of rotatable bonds is 4. The summed E-state index contributed by atoms with van der Waals surface area (Å²) in [7, 11) is -3.74. The highest BCUT2D eigenvalue weighted by Gasteiger charge is 2.38. The van der Waals surface area contributed by atoms with Crippen LogP contribution in [0.3, 0.4) is 0 Å². The maximum absolute atomic E-state index is 13.4. The normalized spacial score (nSPS) is 21.0. The molecule has 4 aromatic rings. The topological polar surface area (TPSA) is 58.2 Å². The van der Waals surface area contributed by atoms with Crippen molar-refractivity contribution < 1.29 is 8.42 Å². The van der Waals surface area contributed by atoms with E-state index >= 15 is 0 Å². The summed E-state index contributed by atoms with van der Waals surface area (Å²) in [6.07, 6.45) is 5.44. The van der Waals surface area contributed by atoms with Crippen LogP contribution in [0.5, 0.6) is 0 Å². The highest BCUT2D eigenvalue weighted by atomic mass is 32.2. The SMILES string of the molecule is Cc1cccc([C@H]2Nc3ccc(S(=O)(=O)Nc4cccc5ccccc45)cc3[C@H]3C=CC[C@H]32)c1. The summed E-state index contributed by atoms with van der Waals surface area (Å²) < 4.78 is 29.6. The number of aryl methyl sites for hydroxylation is 1. The van der Waals surface area contributed by atoms with Gasteiger partial charge in [-0.25, -0.2) is 8.42 Å². The van der Waals surface area contributed by atoms with E-state index in [4.69, 9.17) is 0 Å². The van der Waals surface area contributed by atoms with E-state index in [1.54, 1.807) is 6.07 Å². The molecule has 1 aliphatic carbocycles. The molecular weight excluding hydrogens is 440 g/mol. The highest BCUT2D eigenvalue weighted by molar-refractivity contribution is 7.92. The van der Waals surface area contributed by atoms with Gasteiger partial charge in [0.25, 0.3) is 10.0 Å². The standard InChI is InChI=1S/C29H26N2O2S/c1-19-7-4-10-21(17-19)29-25-13-6-12-24(25)26-18-22(15-16-27(26)30-29)34(32,33)31-28-14-5-9-20-8-2-3-11-23(20)28/h2-12,14-18,24-25,29-31H,13H2,1H3/t24-,25+,29+/m0/s1. The molecule has 5 heteroatoms. The number of allylic oxidation sites excluding steroid dienone is 2. The number of sulfonamides is 1. The summed E-state index contributed by atoms with van der Waals surface area (Å²) in [5.74, 6) is 0.549. The lowest BCUT2D eigenvalue weighted by Crippen LogP contribution is -2.29. The Morgan fingerprint density at radius 3 is 2.62 bits per heavy atom. The van der Waals surface area contributed by atoms with E-state index in [-0.39, 0.29) is 16.9 Å². The molecule has 0 fully saturated rings. The lowest BCUT2D eigenvalue weighted by Gasteiger charge is -2.37. The Bertz CT molecular complexity index is 1540. The van der Waals surface area contributed by atoms with Gasteiger partial charge < -0.3 is 5.32 Å². The van der Waals surface area contributed by atoms with Gasteiger partial charge in [-0.2, -0.15) is 0 Å². The fourth-order valence-electron chi connectivity index (χ4n) is 5.45. The van der Waals surface area contributed by atoms with Crippen LogP contribution < -0.4 is 10.0 Å². The number of hydrogen-bond acceptors (Lipinski definition) is 3. The predicted molar refractivity (Wildman–Crippen MR) is 139 cm³/mol. The van der Waals surface area contributed by atoms with Crippen LogP contribution in [0.2, 0.25) is 0 Å². The summed E-state index contributed by atoms with van der Waals surface area (Å²) in [6.45, 7) is 2.12. The van der Waals surface area contributed by atoms with Crippen LogP contribution in [-0.2, 0) is 10.0 Å². The summed E-state index contributed by atoms with van der Waals surface area (Å²) in [5, 5.41) is 5.59. The zero-order valence-electron chi connectivity index (χ0n) is 18.9. The Kier molecular flexibility index (Phi) is 4.96. The molecule has 0 unspecified atom stereocenters. The van der Waals surface area contributed by atoms with Gasteiger partial charge in [0.05, 0.1) is 16.6 Å². The molecule has 0 spiro atoms. The molecule has 0 aromatic heterocycles. The van der Waals surface area contributed by atoms with Gasteiger partial charge >= 0.3 is 0 Å². The summed E-state index contributed by atoms with van der Waals surface area (Å²) >= 11 is 0. The maximum atomic E-state index is 13.4. The molecule has 0 amide bonds. The monoisotopic (exact) mass is 466 g/mol. The van der Waals surface area contributed by atoms with Gasteiger partial charge in [-0.3, -0.25) is 4.72 Å². The molecule has 2 aliphatic rings. The van der Waals surface area contributed by atoms with E-state index < -0.39 is 10.0 Å². The fourth-order valence-corrected chi connectivity index (χ4v) is 6.57. The van der Waals surface area contributed by atoms with Gasteiger partial charge in [0.1, 0.15) is 0 Å². The van der Waals surface area contributed by atoms with Crippen molar-refractivity contribution in [2.45, 2.75) is 30.2 Å². The van der Waals surface area contributed by atoms with Crippen LogP contribution in [0, 0.1) is 12.8 Å². The number of fused-ring (bicyclic) bond motifs is 4. The fraction of sp³-hybridized carbons (Fsp3) is 0.172. The predicted octanol–water partition coefficient (Wildman–Crippen LogP) is 6.78. The zero-order chi connectivity index (χ0) is 23.3. The van der Waals surface area contributed by atoms with Crippen LogP contribution in [0.15, 0.2) is 102 Å². The van der Waals surface area contributed by atoms with E-state index in [0.717, 1.165) is 28.4 Å². The van der Waals surface area contributed by atoms with Gasteiger partial charge in [0.2, 0.25) is 0 Å². The first kappa shape index (κ1) is 21.0. The van der Waals surface area contributed by atoms with Gasteiger partial charge in [0, 0.05) is 17.0 Å². The first-order valence-electron chi connectivity index (χ1n) is 11.6. The summed E-state index contributed by atoms with van der Waals surface area (Å²) in [6, 6.07) is 27.7. The second-order valence-electron chi connectivity index (χ2n) is 9.27. The highest BCUT2D eigenvalue weighted by Crippen LogP contribution is 2.50. The zero-order valence-corrected chi connectivity index (χ0v) is 19.7. The second-order valence-corrected chi connectivity index (χ2v) is 11.0. The second kappa shape index (κ2) is 8.03. The first-order valence-corrected chi connectivity index (χ1v) is 13.1.